The van der Waals surface area contributed by atoms with Crippen molar-refractivity contribution in [3.63, 3.8) is 0 Å². The van der Waals surface area contributed by atoms with Crippen LogP contribution in [0.5, 0.6) is 0 Å². The molecule has 2 saturated heterocycles. The molecule has 12 nitrogen and oxygen atoms in total. The van der Waals surface area contributed by atoms with Crippen molar-refractivity contribution >= 4 is 33.9 Å². The molecule has 46 heavy (non-hydrogen) atoms. The summed E-state index contributed by atoms with van der Waals surface area (Å²) in [6, 6.07) is 6.45. The molecule has 0 aromatic carbocycles. The SMILES string of the molecule is CCN1CCN(c2cc(N3CCN(C(=O)OC(C)(C)C)C(C)C3)cc(-c3noc(C4(C)CCCc5sc(N)c(C#N)c54)n3)n2)CC1. The minimum Gasteiger partial charge on any atom is -0.444 e. The number of aryl methyl sites for hydroxylation is 1. The molecule has 2 atom stereocenters. The summed E-state index contributed by atoms with van der Waals surface area (Å²) in [6.07, 6.45) is 2.34. The number of nitrogens with two attached hydrogens (primary N) is 1. The third-order valence-electron chi connectivity index (χ3n) is 9.44. The Morgan fingerprint density at radius 2 is 1.91 bits per heavy atom. The monoisotopic (exact) mass is 647 g/mol. The van der Waals surface area contributed by atoms with Crippen molar-refractivity contribution in [2.75, 3.05) is 67.9 Å². The fourth-order valence-electron chi connectivity index (χ4n) is 6.90. The number of nitrogen functional groups attached to an aromatic ring is 1. The van der Waals surface area contributed by atoms with Crippen molar-refractivity contribution in [3.8, 4) is 17.6 Å². The largest absolute Gasteiger partial charge is 0.444 e. The smallest absolute Gasteiger partial charge is 0.410 e. The third-order valence-corrected chi connectivity index (χ3v) is 10.5. The fraction of sp³-hybridized carbons (Fsp3) is 0.606. The second-order valence-electron chi connectivity index (χ2n) is 13.8. The zero-order chi connectivity index (χ0) is 32.8. The number of rotatable bonds is 5. The molecule has 2 fully saturated rings. The van der Waals surface area contributed by atoms with E-state index in [9.17, 15) is 10.1 Å². The molecule has 3 aromatic heterocycles. The van der Waals surface area contributed by atoms with Gasteiger partial charge in [-0.05, 0) is 66.5 Å². The molecule has 246 valence electrons. The molecule has 1 amide bonds. The number of hydrogen-bond donors (Lipinski definition) is 1. The molecule has 3 aromatic rings. The van der Waals surface area contributed by atoms with Crippen molar-refractivity contribution < 1.29 is 14.1 Å². The van der Waals surface area contributed by atoms with Crippen molar-refractivity contribution in [2.24, 2.45) is 0 Å². The van der Waals surface area contributed by atoms with Gasteiger partial charge in [-0.15, -0.1) is 11.3 Å². The molecule has 1 aliphatic carbocycles. The van der Waals surface area contributed by atoms with Gasteiger partial charge in [-0.25, -0.2) is 9.78 Å². The minimum atomic E-state index is -0.609. The van der Waals surface area contributed by atoms with Crippen LogP contribution in [0.1, 0.15) is 76.3 Å². The van der Waals surface area contributed by atoms with E-state index in [1.54, 1.807) is 0 Å². The highest BCUT2D eigenvalue weighted by molar-refractivity contribution is 7.16. The highest BCUT2D eigenvalue weighted by atomic mass is 32.1. The summed E-state index contributed by atoms with van der Waals surface area (Å²) in [5, 5.41) is 14.9. The lowest BCUT2D eigenvalue weighted by molar-refractivity contribution is 0.0159. The first kappa shape index (κ1) is 32.1. The summed E-state index contributed by atoms with van der Waals surface area (Å²) in [4.78, 5) is 32.9. The van der Waals surface area contributed by atoms with Crippen LogP contribution in [0.4, 0.5) is 21.3 Å². The van der Waals surface area contributed by atoms with Crippen LogP contribution in [-0.2, 0) is 16.6 Å². The molecule has 0 bridgehead atoms. The Labute approximate surface area is 275 Å². The Hall–Kier alpha value is -3.89. The van der Waals surface area contributed by atoms with Gasteiger partial charge in [0.05, 0.1) is 11.0 Å². The molecule has 2 aliphatic heterocycles. The van der Waals surface area contributed by atoms with Crippen LogP contribution < -0.4 is 15.5 Å². The van der Waals surface area contributed by atoms with Crippen molar-refractivity contribution in [1.29, 1.82) is 5.26 Å². The highest BCUT2D eigenvalue weighted by Gasteiger charge is 2.43. The Bertz CT molecular complexity index is 1630. The molecule has 3 aliphatic rings. The van der Waals surface area contributed by atoms with Gasteiger partial charge in [-0.3, -0.25) is 0 Å². The molecule has 2 N–H and O–H groups in total. The Morgan fingerprint density at radius 3 is 2.59 bits per heavy atom. The van der Waals surface area contributed by atoms with E-state index in [1.807, 2.05) is 31.7 Å². The average molecular weight is 648 g/mol. The molecule has 13 heteroatoms. The highest BCUT2D eigenvalue weighted by Crippen LogP contribution is 2.48. The maximum atomic E-state index is 12.9. The van der Waals surface area contributed by atoms with Gasteiger partial charge in [-0.1, -0.05) is 12.1 Å². The van der Waals surface area contributed by atoms with Crippen LogP contribution in [0.25, 0.3) is 11.5 Å². The number of carbonyl (C=O) groups excluding carboxylic acids is 1. The van der Waals surface area contributed by atoms with Crippen molar-refractivity contribution in [1.82, 2.24) is 24.9 Å². The first-order chi connectivity index (χ1) is 21.9. The molecule has 0 spiro atoms. The number of hydrogen-bond acceptors (Lipinski definition) is 12. The lowest BCUT2D eigenvalue weighted by atomic mass is 9.72. The number of anilines is 3. The summed E-state index contributed by atoms with van der Waals surface area (Å²) >= 11 is 1.49. The van der Waals surface area contributed by atoms with Gasteiger partial charge in [-0.2, -0.15) is 10.2 Å². The van der Waals surface area contributed by atoms with Gasteiger partial charge >= 0.3 is 6.09 Å². The number of carbonyl (C=O) groups is 1. The maximum absolute atomic E-state index is 12.9. The number of thiophene rings is 1. The molecule has 0 saturated carbocycles. The summed E-state index contributed by atoms with van der Waals surface area (Å²) in [6.45, 7) is 18.6. The number of likely N-dealkylation sites (N-methyl/N-ethyl adjacent to an activating group) is 1. The Balaban J connectivity index is 1.33. The number of ether oxygens (including phenoxy) is 1. The van der Waals surface area contributed by atoms with E-state index in [-0.39, 0.29) is 12.1 Å². The van der Waals surface area contributed by atoms with E-state index in [0.717, 1.165) is 73.9 Å². The first-order valence-corrected chi connectivity index (χ1v) is 17.1. The standard InChI is InChI=1S/C33H45N9O3S/c1-7-39-11-13-40(14-12-39)26-18-22(41-15-16-42(21(2)20-41)31(43)44-32(3,4)5)17-24(36-26)29-37-30(45-38-29)33(6)10-8-9-25-27(33)23(19-34)28(35)46-25/h17-18,21H,7-16,20,35H2,1-6H3. The van der Waals surface area contributed by atoms with Gasteiger partial charge in [0.1, 0.15) is 28.2 Å². The summed E-state index contributed by atoms with van der Waals surface area (Å²) < 4.78 is 11.7. The average Bonchev–Trinajstić information content (AvgIpc) is 3.66. The molecule has 6 rings (SSSR count). The molecule has 0 radical (unpaired) electrons. The van der Waals surface area contributed by atoms with Crippen molar-refractivity contribution in [2.45, 2.75) is 77.9 Å². The van der Waals surface area contributed by atoms with Crippen LogP contribution in [0.15, 0.2) is 16.7 Å². The van der Waals surface area contributed by atoms with Gasteiger partial charge in [0, 0.05) is 74.0 Å². The van der Waals surface area contributed by atoms with Gasteiger partial charge < -0.3 is 34.6 Å². The predicted octanol–water partition coefficient (Wildman–Crippen LogP) is 4.88. The number of aromatic nitrogens is 3. The molecular weight excluding hydrogens is 602 g/mol. The number of piperazine rings is 2. The summed E-state index contributed by atoms with van der Waals surface area (Å²) in [5.74, 6) is 1.77. The van der Waals surface area contributed by atoms with Gasteiger partial charge in [0.25, 0.3) is 0 Å². The van der Waals surface area contributed by atoms with Crippen LogP contribution in [-0.4, -0.2) is 95.0 Å². The lowest BCUT2D eigenvalue weighted by Crippen LogP contribution is -2.55. The first-order valence-electron chi connectivity index (χ1n) is 16.3. The zero-order valence-corrected chi connectivity index (χ0v) is 28.6. The van der Waals surface area contributed by atoms with Gasteiger partial charge in [0.15, 0.2) is 0 Å². The molecule has 5 heterocycles. The topological polar surface area (TPSA) is 141 Å². The molecule has 2 unspecified atom stereocenters. The van der Waals surface area contributed by atoms with E-state index in [2.05, 4.69) is 52.8 Å². The number of amides is 1. The second kappa shape index (κ2) is 12.4. The predicted molar refractivity (Wildman–Crippen MR) is 179 cm³/mol. The van der Waals surface area contributed by atoms with Crippen LogP contribution in [0, 0.1) is 11.3 Å². The summed E-state index contributed by atoms with van der Waals surface area (Å²) in [5.41, 5.74) is 8.19. The zero-order valence-electron chi connectivity index (χ0n) is 27.8. The van der Waals surface area contributed by atoms with Crippen molar-refractivity contribution in [3.05, 3.63) is 34.0 Å². The lowest BCUT2D eigenvalue weighted by Gasteiger charge is -2.41. The quantitative estimate of drug-likeness (QED) is 0.405. The Morgan fingerprint density at radius 1 is 1.17 bits per heavy atom. The van der Waals surface area contributed by atoms with Gasteiger partial charge in [0.2, 0.25) is 11.7 Å². The fourth-order valence-corrected chi connectivity index (χ4v) is 8.09. The minimum absolute atomic E-state index is 0.0404. The normalized spacial score (nSPS) is 22.5. The van der Waals surface area contributed by atoms with E-state index < -0.39 is 11.0 Å². The molecular formula is C33H45N9O3S. The van der Waals surface area contributed by atoms with Crippen LogP contribution in [0.3, 0.4) is 0 Å². The van der Waals surface area contributed by atoms with E-state index in [4.69, 9.17) is 25.0 Å². The van der Waals surface area contributed by atoms with E-state index >= 15 is 0 Å². The second-order valence-corrected chi connectivity index (χ2v) is 15.0. The number of fused-ring (bicyclic) bond motifs is 1. The summed E-state index contributed by atoms with van der Waals surface area (Å²) in [7, 11) is 0. The maximum Gasteiger partial charge on any atom is 0.410 e. The number of nitrogens with zero attached hydrogens (tertiary/aromatic N) is 8. The van der Waals surface area contributed by atoms with E-state index in [0.29, 0.717) is 47.6 Å². The van der Waals surface area contributed by atoms with E-state index in [1.165, 1.54) is 11.3 Å². The van der Waals surface area contributed by atoms with Crippen LogP contribution in [0.2, 0.25) is 0 Å². The van der Waals surface area contributed by atoms with Crippen LogP contribution >= 0.6 is 11.3 Å². The number of nitriles is 1. The Kier molecular flexibility index (Phi) is 8.63. The third kappa shape index (κ3) is 6.12. The number of pyridine rings is 1.